The summed E-state index contributed by atoms with van der Waals surface area (Å²) in [5.74, 6) is -0.894. The Hall–Kier alpha value is -3.85. The third kappa shape index (κ3) is 6.97. The van der Waals surface area contributed by atoms with Crippen LogP contribution in [0.15, 0.2) is 71.8 Å². The Balaban J connectivity index is 0.000000648. The molecule has 5 rings (SSSR count). The van der Waals surface area contributed by atoms with Crippen LogP contribution in [-0.4, -0.2) is 36.7 Å². The fraction of sp³-hybridized carbons (Fsp3) is 0.200. The highest BCUT2D eigenvalue weighted by atomic mass is 35.5. The van der Waals surface area contributed by atoms with Crippen molar-refractivity contribution in [1.82, 2.24) is 15.0 Å². The van der Waals surface area contributed by atoms with Gasteiger partial charge in [0.1, 0.15) is 5.01 Å². The number of hydrogen-bond donors (Lipinski definition) is 3. The maximum Gasteiger partial charge on any atom is 0.307 e. The zero-order valence-corrected chi connectivity index (χ0v) is 23.5. The van der Waals surface area contributed by atoms with E-state index in [2.05, 4.69) is 9.97 Å². The van der Waals surface area contributed by atoms with Gasteiger partial charge in [-0.2, -0.15) is 0 Å². The van der Waals surface area contributed by atoms with E-state index in [0.29, 0.717) is 16.3 Å². The minimum Gasteiger partial charge on any atom is -0.481 e. The molecule has 0 atom stereocenters. The Bertz CT molecular complexity index is 1700. The summed E-state index contributed by atoms with van der Waals surface area (Å²) in [6.45, 7) is 7.13. The molecule has 0 radical (unpaired) electrons. The van der Waals surface area contributed by atoms with Crippen molar-refractivity contribution in [3.63, 3.8) is 0 Å². The van der Waals surface area contributed by atoms with Gasteiger partial charge >= 0.3 is 5.97 Å². The fourth-order valence-electron chi connectivity index (χ4n) is 3.99. The number of aromatic amines is 1. The molecule has 39 heavy (non-hydrogen) atoms. The number of carbonyl (C=O) groups is 1. The molecule has 5 aromatic rings. The van der Waals surface area contributed by atoms with E-state index < -0.39 is 11.6 Å². The van der Waals surface area contributed by atoms with Crippen molar-refractivity contribution >= 4 is 39.1 Å². The third-order valence-electron chi connectivity index (χ3n) is 5.57. The average molecular weight is 562 g/mol. The van der Waals surface area contributed by atoms with E-state index in [1.807, 2.05) is 37.3 Å². The normalized spacial score (nSPS) is 11.2. The number of nitrogens with zero attached hydrogens (tertiary/aromatic N) is 2. The number of aromatic nitrogens is 3. The number of pyridine rings is 2. The van der Waals surface area contributed by atoms with Gasteiger partial charge in [0.2, 0.25) is 0 Å². The highest BCUT2D eigenvalue weighted by molar-refractivity contribution is 7.22. The zero-order valence-electron chi connectivity index (χ0n) is 21.9. The van der Waals surface area contributed by atoms with Crippen molar-refractivity contribution in [3.05, 3.63) is 93.5 Å². The summed E-state index contributed by atoms with van der Waals surface area (Å²) >= 11 is 7.58. The minimum atomic E-state index is -0.894. The summed E-state index contributed by atoms with van der Waals surface area (Å²) < 4.78 is 0.898. The smallest absolute Gasteiger partial charge is 0.307 e. The molecule has 3 heterocycles. The number of rotatable bonds is 5. The van der Waals surface area contributed by atoms with Crippen molar-refractivity contribution in [2.75, 3.05) is 0 Å². The van der Waals surface area contributed by atoms with Gasteiger partial charge in [0.05, 0.1) is 33.5 Å². The topological polar surface area (TPSA) is 116 Å². The molecule has 0 aliphatic heterocycles. The van der Waals surface area contributed by atoms with E-state index in [1.165, 1.54) is 11.3 Å². The van der Waals surface area contributed by atoms with Gasteiger partial charge in [-0.15, -0.1) is 11.3 Å². The molecule has 0 fully saturated rings. The summed E-state index contributed by atoms with van der Waals surface area (Å²) in [4.78, 5) is 35.8. The van der Waals surface area contributed by atoms with Crippen LogP contribution in [0.3, 0.4) is 0 Å². The predicted octanol–water partition coefficient (Wildman–Crippen LogP) is 6.75. The number of benzene rings is 2. The molecule has 0 spiro atoms. The zero-order chi connectivity index (χ0) is 28.3. The number of fused-ring (bicyclic) bond motifs is 1. The maximum atomic E-state index is 12.2. The molecule has 3 N–H and O–H groups in total. The molecule has 0 saturated heterocycles. The molecular formula is C30H28ClN3O4S. The predicted molar refractivity (Wildman–Crippen MR) is 157 cm³/mol. The van der Waals surface area contributed by atoms with Crippen LogP contribution in [0.1, 0.15) is 31.9 Å². The second-order valence-electron chi connectivity index (χ2n) is 10.0. The lowest BCUT2D eigenvalue weighted by Gasteiger charge is -2.13. The van der Waals surface area contributed by atoms with E-state index in [-0.39, 0.29) is 12.0 Å². The second kappa shape index (κ2) is 11.5. The summed E-state index contributed by atoms with van der Waals surface area (Å²) in [7, 11) is 0. The Morgan fingerprint density at radius 1 is 1.08 bits per heavy atom. The van der Waals surface area contributed by atoms with Crippen LogP contribution in [0.25, 0.3) is 43.2 Å². The van der Waals surface area contributed by atoms with E-state index in [4.69, 9.17) is 21.7 Å². The number of thiazole rings is 1. The van der Waals surface area contributed by atoms with Gasteiger partial charge in [-0.3, -0.25) is 14.6 Å². The Labute approximate surface area is 234 Å². The quantitative estimate of drug-likeness (QED) is 0.219. The molecule has 200 valence electrons. The molecule has 0 saturated carbocycles. The lowest BCUT2D eigenvalue weighted by atomic mass is 9.93. The molecule has 2 aromatic carbocycles. The molecule has 3 aromatic heterocycles. The van der Waals surface area contributed by atoms with Gasteiger partial charge in [-0.05, 0) is 86.8 Å². The minimum absolute atomic E-state index is 0.0941. The van der Waals surface area contributed by atoms with Crippen LogP contribution in [0.2, 0.25) is 5.02 Å². The number of carboxylic acid groups (broad SMARTS) is 1. The lowest BCUT2D eigenvalue weighted by molar-refractivity contribution is -0.136. The van der Waals surface area contributed by atoms with Crippen LogP contribution in [0.4, 0.5) is 0 Å². The van der Waals surface area contributed by atoms with Gasteiger partial charge in [0, 0.05) is 28.5 Å². The summed E-state index contributed by atoms with van der Waals surface area (Å²) in [6.07, 6.45) is 3.14. The molecule has 0 aliphatic carbocycles. The Morgan fingerprint density at radius 2 is 1.77 bits per heavy atom. The Kier molecular flexibility index (Phi) is 8.30. The van der Waals surface area contributed by atoms with E-state index in [9.17, 15) is 14.7 Å². The first kappa shape index (κ1) is 28.2. The van der Waals surface area contributed by atoms with Crippen molar-refractivity contribution in [1.29, 1.82) is 0 Å². The van der Waals surface area contributed by atoms with E-state index in [0.717, 1.165) is 43.0 Å². The average Bonchev–Trinajstić information content (AvgIpc) is 3.28. The molecule has 0 aliphatic rings. The number of nitrogens with one attached hydrogen (secondary N) is 1. The van der Waals surface area contributed by atoms with Crippen LogP contribution >= 0.6 is 22.9 Å². The molecule has 0 amide bonds. The van der Waals surface area contributed by atoms with Crippen LogP contribution < -0.4 is 5.56 Å². The first-order valence-corrected chi connectivity index (χ1v) is 13.4. The first-order valence-electron chi connectivity index (χ1n) is 12.2. The molecule has 0 unspecified atom stereocenters. The maximum absolute atomic E-state index is 12.2. The highest BCUT2D eigenvalue weighted by Gasteiger charge is 2.20. The summed E-state index contributed by atoms with van der Waals surface area (Å²) in [6, 6.07) is 16.5. The number of carboxylic acids is 1. The number of H-pyrrole nitrogens is 1. The van der Waals surface area contributed by atoms with Crippen molar-refractivity contribution < 1.29 is 15.0 Å². The molecule has 0 bridgehead atoms. The van der Waals surface area contributed by atoms with Crippen molar-refractivity contribution in [2.45, 2.75) is 39.7 Å². The number of aliphatic carboxylic acids is 1. The molecular weight excluding hydrogens is 534 g/mol. The van der Waals surface area contributed by atoms with Gasteiger partial charge in [0.25, 0.3) is 5.56 Å². The van der Waals surface area contributed by atoms with Crippen LogP contribution in [0, 0.1) is 6.92 Å². The fourth-order valence-corrected chi connectivity index (χ4v) is 5.25. The van der Waals surface area contributed by atoms with Gasteiger partial charge in [0.15, 0.2) is 0 Å². The largest absolute Gasteiger partial charge is 0.481 e. The van der Waals surface area contributed by atoms with Gasteiger partial charge in [-0.1, -0.05) is 23.7 Å². The highest BCUT2D eigenvalue weighted by Crippen LogP contribution is 2.41. The van der Waals surface area contributed by atoms with Gasteiger partial charge in [-0.25, -0.2) is 4.98 Å². The first-order chi connectivity index (χ1) is 18.4. The molecule has 9 heteroatoms. The standard InChI is InChI=1S/C26H18ClN3O3S.C4H10O/c1-14-11-21-24(23(19(14)13-22(31)32)15-4-6-17(27)7-5-15)34-26(30-21)16-8-10-28-20(12-16)18-3-2-9-29-25(18)33;1-4(2,3)5/h2-12H,13H2,1H3,(H,29,33)(H,31,32);5H,1-3H3. The van der Waals surface area contributed by atoms with Crippen LogP contribution in [0.5, 0.6) is 0 Å². The lowest BCUT2D eigenvalue weighted by Crippen LogP contribution is -2.10. The SMILES string of the molecule is CC(C)(C)O.Cc1cc2nc(-c3ccnc(-c4ccc[nH]c4=O)c3)sc2c(-c2ccc(Cl)cc2)c1CC(=O)O. The third-order valence-corrected chi connectivity index (χ3v) is 6.96. The monoisotopic (exact) mass is 561 g/mol. The number of aliphatic hydroxyl groups is 1. The van der Waals surface area contributed by atoms with Crippen molar-refractivity contribution in [3.8, 4) is 33.0 Å². The molecule has 7 nitrogen and oxygen atoms in total. The number of hydrogen-bond acceptors (Lipinski definition) is 6. The second-order valence-corrected chi connectivity index (χ2v) is 11.4. The number of aryl methyl sites for hydroxylation is 1. The Morgan fingerprint density at radius 3 is 2.41 bits per heavy atom. The summed E-state index contributed by atoms with van der Waals surface area (Å²) in [5, 5.41) is 19.4. The van der Waals surface area contributed by atoms with E-state index in [1.54, 1.807) is 57.4 Å². The summed E-state index contributed by atoms with van der Waals surface area (Å²) in [5.41, 5.74) is 5.29. The van der Waals surface area contributed by atoms with Crippen molar-refractivity contribution in [2.24, 2.45) is 0 Å². The van der Waals surface area contributed by atoms with E-state index >= 15 is 0 Å². The van der Waals surface area contributed by atoms with Crippen LogP contribution in [-0.2, 0) is 11.2 Å². The number of halogens is 1. The van der Waals surface area contributed by atoms with Gasteiger partial charge < -0.3 is 15.2 Å².